The van der Waals surface area contributed by atoms with Crippen LogP contribution < -0.4 is 0 Å². The molecule has 2 aromatic carbocycles. The summed E-state index contributed by atoms with van der Waals surface area (Å²) < 4.78 is 0. The first kappa shape index (κ1) is 15.8. The maximum Gasteiger partial charge on any atom is 0.281 e. The number of benzene rings is 2. The summed E-state index contributed by atoms with van der Waals surface area (Å²) in [6.45, 7) is 1.30. The van der Waals surface area contributed by atoms with E-state index in [2.05, 4.69) is 0 Å². The predicted molar refractivity (Wildman–Crippen MR) is 83.7 cm³/mol. The van der Waals surface area contributed by atoms with E-state index in [9.17, 15) is 14.9 Å². The molecule has 0 aliphatic heterocycles. The predicted octanol–water partition coefficient (Wildman–Crippen LogP) is 5.26. The zero-order chi connectivity index (χ0) is 15.6. The van der Waals surface area contributed by atoms with Gasteiger partial charge in [-0.25, -0.2) is 0 Å². The monoisotopic (exact) mass is 341 g/mol. The van der Waals surface area contributed by atoms with Crippen molar-refractivity contribution in [2.75, 3.05) is 0 Å². The standard InChI is InChI=1S/C14H9Cl2NO3S/c1-8(18)11-4-2-10(7-14(11)17(19)20)21-9-3-5-12(15)13(16)6-9/h2-7H,1H3. The second-order valence-corrected chi connectivity index (χ2v) is 6.13. The van der Waals surface area contributed by atoms with Crippen molar-refractivity contribution in [1.82, 2.24) is 0 Å². The molecule has 108 valence electrons. The van der Waals surface area contributed by atoms with Crippen LogP contribution in [-0.2, 0) is 0 Å². The van der Waals surface area contributed by atoms with Gasteiger partial charge in [-0.2, -0.15) is 0 Å². The van der Waals surface area contributed by atoms with Gasteiger partial charge in [-0.3, -0.25) is 14.9 Å². The Labute approximate surface area is 135 Å². The molecule has 0 heterocycles. The van der Waals surface area contributed by atoms with Crippen LogP contribution in [-0.4, -0.2) is 10.7 Å². The van der Waals surface area contributed by atoms with E-state index in [1.54, 1.807) is 24.3 Å². The molecule has 0 aliphatic carbocycles. The first-order chi connectivity index (χ1) is 9.88. The Bertz CT molecular complexity index is 734. The number of carbonyl (C=O) groups excluding carboxylic acids is 1. The van der Waals surface area contributed by atoms with Gasteiger partial charge in [-0.1, -0.05) is 35.0 Å². The average Bonchev–Trinajstić information content (AvgIpc) is 2.42. The fourth-order valence-corrected chi connectivity index (χ4v) is 2.95. The van der Waals surface area contributed by atoms with Crippen LogP contribution in [0.5, 0.6) is 0 Å². The van der Waals surface area contributed by atoms with Crippen molar-refractivity contribution < 1.29 is 9.72 Å². The highest BCUT2D eigenvalue weighted by molar-refractivity contribution is 7.99. The first-order valence-electron chi connectivity index (χ1n) is 5.81. The van der Waals surface area contributed by atoms with E-state index in [4.69, 9.17) is 23.2 Å². The molecule has 0 aliphatic rings. The highest BCUT2D eigenvalue weighted by Crippen LogP contribution is 2.34. The summed E-state index contributed by atoms with van der Waals surface area (Å²) in [5, 5.41) is 11.9. The quantitative estimate of drug-likeness (QED) is 0.432. The van der Waals surface area contributed by atoms with Gasteiger partial charge in [0.15, 0.2) is 5.78 Å². The normalized spacial score (nSPS) is 10.4. The third-order valence-corrected chi connectivity index (χ3v) is 4.39. The Hall–Kier alpha value is -1.56. The molecule has 2 rings (SSSR count). The minimum atomic E-state index is -0.560. The van der Waals surface area contributed by atoms with E-state index >= 15 is 0 Å². The van der Waals surface area contributed by atoms with E-state index in [1.807, 2.05) is 0 Å². The number of Topliss-reactive ketones (excluding diaryl/α,β-unsaturated/α-hetero) is 1. The van der Waals surface area contributed by atoms with Crippen LogP contribution in [0.1, 0.15) is 17.3 Å². The van der Waals surface area contributed by atoms with E-state index in [0.717, 1.165) is 4.90 Å². The van der Waals surface area contributed by atoms with Gasteiger partial charge in [0.25, 0.3) is 5.69 Å². The Morgan fingerprint density at radius 2 is 1.71 bits per heavy atom. The molecule has 0 unspecified atom stereocenters. The highest BCUT2D eigenvalue weighted by Gasteiger charge is 2.18. The molecule has 0 amide bonds. The minimum Gasteiger partial charge on any atom is -0.294 e. The average molecular weight is 342 g/mol. The number of carbonyl (C=O) groups is 1. The summed E-state index contributed by atoms with van der Waals surface area (Å²) in [5.74, 6) is -0.340. The van der Waals surface area contributed by atoms with Crippen LogP contribution in [0.15, 0.2) is 46.2 Å². The molecule has 2 aromatic rings. The maximum atomic E-state index is 11.4. The molecule has 0 N–H and O–H groups in total. The third kappa shape index (κ3) is 3.75. The molecule has 0 bridgehead atoms. The molecule has 0 fully saturated rings. The van der Waals surface area contributed by atoms with Gasteiger partial charge >= 0.3 is 0 Å². The second kappa shape index (κ2) is 6.47. The zero-order valence-electron chi connectivity index (χ0n) is 10.8. The lowest BCUT2D eigenvalue weighted by Crippen LogP contribution is -2.00. The van der Waals surface area contributed by atoms with Gasteiger partial charge in [-0.05, 0) is 37.3 Å². The van der Waals surface area contributed by atoms with Gasteiger partial charge in [0.1, 0.15) is 0 Å². The van der Waals surface area contributed by atoms with Gasteiger partial charge in [0.05, 0.1) is 20.5 Å². The Balaban J connectivity index is 2.36. The number of nitro benzene ring substituents is 1. The van der Waals surface area contributed by atoms with Gasteiger partial charge in [-0.15, -0.1) is 0 Å². The number of nitro groups is 1. The smallest absolute Gasteiger partial charge is 0.281 e. The number of nitrogens with zero attached hydrogens (tertiary/aromatic N) is 1. The van der Waals surface area contributed by atoms with Gasteiger partial charge in [0, 0.05) is 15.9 Å². The molecule has 0 atom stereocenters. The van der Waals surface area contributed by atoms with E-state index in [-0.39, 0.29) is 17.0 Å². The minimum absolute atomic E-state index is 0.0958. The number of rotatable bonds is 4. The fourth-order valence-electron chi connectivity index (χ4n) is 1.70. The fraction of sp³-hybridized carbons (Fsp3) is 0.0714. The van der Waals surface area contributed by atoms with Crippen LogP contribution in [0, 0.1) is 10.1 Å². The lowest BCUT2D eigenvalue weighted by atomic mass is 10.1. The van der Waals surface area contributed by atoms with Crippen molar-refractivity contribution in [3.63, 3.8) is 0 Å². The second-order valence-electron chi connectivity index (χ2n) is 4.17. The van der Waals surface area contributed by atoms with Gasteiger partial charge in [0.2, 0.25) is 0 Å². The van der Waals surface area contributed by atoms with Crippen molar-refractivity contribution in [2.45, 2.75) is 16.7 Å². The molecular weight excluding hydrogens is 333 g/mol. The molecule has 21 heavy (non-hydrogen) atoms. The lowest BCUT2D eigenvalue weighted by Gasteiger charge is -2.05. The third-order valence-electron chi connectivity index (χ3n) is 2.67. The van der Waals surface area contributed by atoms with E-state index in [0.29, 0.717) is 14.9 Å². The number of ketones is 1. The Kier molecular flexibility index (Phi) is 4.88. The molecular formula is C14H9Cl2NO3S. The summed E-state index contributed by atoms with van der Waals surface area (Å²) in [6, 6.07) is 9.61. The summed E-state index contributed by atoms with van der Waals surface area (Å²) in [6.07, 6.45) is 0. The molecule has 7 heteroatoms. The van der Waals surface area contributed by atoms with Crippen LogP contribution in [0.2, 0.25) is 10.0 Å². The van der Waals surface area contributed by atoms with Crippen molar-refractivity contribution in [2.24, 2.45) is 0 Å². The Morgan fingerprint density at radius 1 is 1.10 bits per heavy atom. The molecule has 0 saturated carbocycles. The molecule has 0 radical (unpaired) electrons. The zero-order valence-corrected chi connectivity index (χ0v) is 13.1. The van der Waals surface area contributed by atoms with Crippen LogP contribution >= 0.6 is 35.0 Å². The van der Waals surface area contributed by atoms with Crippen molar-refractivity contribution >= 4 is 46.4 Å². The lowest BCUT2D eigenvalue weighted by molar-refractivity contribution is -0.385. The highest BCUT2D eigenvalue weighted by atomic mass is 35.5. The van der Waals surface area contributed by atoms with Crippen LogP contribution in [0.25, 0.3) is 0 Å². The van der Waals surface area contributed by atoms with Crippen LogP contribution in [0.3, 0.4) is 0 Å². The van der Waals surface area contributed by atoms with Gasteiger partial charge < -0.3 is 0 Å². The SMILES string of the molecule is CC(=O)c1ccc(Sc2ccc(Cl)c(Cl)c2)cc1[N+](=O)[O-]. The van der Waals surface area contributed by atoms with Crippen molar-refractivity contribution in [3.8, 4) is 0 Å². The maximum absolute atomic E-state index is 11.4. The summed E-state index contributed by atoms with van der Waals surface area (Å²) >= 11 is 13.1. The summed E-state index contributed by atoms with van der Waals surface area (Å²) in [5.41, 5.74) is -0.106. The molecule has 0 spiro atoms. The van der Waals surface area contributed by atoms with Crippen molar-refractivity contribution in [3.05, 3.63) is 62.1 Å². The number of hydrogen-bond acceptors (Lipinski definition) is 4. The van der Waals surface area contributed by atoms with Crippen LogP contribution in [0.4, 0.5) is 5.69 Å². The first-order valence-corrected chi connectivity index (χ1v) is 7.38. The number of hydrogen-bond donors (Lipinski definition) is 0. The van der Waals surface area contributed by atoms with E-state index in [1.165, 1.54) is 30.8 Å². The largest absolute Gasteiger partial charge is 0.294 e. The molecule has 4 nitrogen and oxygen atoms in total. The molecule has 0 aromatic heterocycles. The van der Waals surface area contributed by atoms with E-state index < -0.39 is 4.92 Å². The number of halogens is 2. The molecule has 0 saturated heterocycles. The Morgan fingerprint density at radius 3 is 2.29 bits per heavy atom. The van der Waals surface area contributed by atoms with Crippen molar-refractivity contribution in [1.29, 1.82) is 0 Å². The summed E-state index contributed by atoms with van der Waals surface area (Å²) in [7, 11) is 0. The summed E-state index contributed by atoms with van der Waals surface area (Å²) in [4.78, 5) is 23.3. The topological polar surface area (TPSA) is 60.2 Å².